The molecule has 8 heterocycles. The van der Waals surface area contributed by atoms with Crippen molar-refractivity contribution >= 4 is 93.5 Å². The van der Waals surface area contributed by atoms with Crippen LogP contribution in [-0.4, -0.2) is 200 Å². The van der Waals surface area contributed by atoms with E-state index < -0.39 is 69.5 Å². The Hall–Kier alpha value is -7.10. The number of carboxylic acids is 2. The van der Waals surface area contributed by atoms with Gasteiger partial charge in [-0.15, -0.1) is 22.7 Å². The van der Waals surface area contributed by atoms with Gasteiger partial charge in [-0.1, -0.05) is 41.4 Å². The quantitative estimate of drug-likeness (QED) is 0.0702. The zero-order valence-electron chi connectivity index (χ0n) is 48.8. The van der Waals surface area contributed by atoms with Crippen molar-refractivity contribution < 1.29 is 57.2 Å². The molecule has 4 aromatic rings. The van der Waals surface area contributed by atoms with Crippen molar-refractivity contribution in [2.75, 3.05) is 91.8 Å². The number of halogens is 4. The number of amides is 4. The lowest BCUT2D eigenvalue weighted by molar-refractivity contribution is -0.148. The topological polar surface area (TPSA) is 255 Å². The number of amidine groups is 2. The Bertz CT molecular complexity index is 3440. The molecule has 2 aromatic heterocycles. The number of aliphatic carboxylic acids is 2. The summed E-state index contributed by atoms with van der Waals surface area (Å²) in [6.45, 7) is 18.4. The molecule has 460 valence electrons. The van der Waals surface area contributed by atoms with E-state index in [2.05, 4.69) is 30.4 Å². The summed E-state index contributed by atoms with van der Waals surface area (Å²) in [7, 11) is 0. The fourth-order valence-corrected chi connectivity index (χ4v) is 13.4. The second-order valence-electron chi connectivity index (χ2n) is 23.6. The lowest BCUT2D eigenvalue weighted by Gasteiger charge is -2.44. The third-order valence-electron chi connectivity index (χ3n) is 15.9. The fraction of sp³-hybridized carbons (Fsp3) is 0.483. The van der Waals surface area contributed by atoms with Crippen LogP contribution >= 0.6 is 45.9 Å². The third-order valence-corrected chi connectivity index (χ3v) is 18.2. The first-order chi connectivity index (χ1) is 40.7. The molecule has 4 atom stereocenters. The number of carbonyl (C=O) groups excluding carboxylic acids is 4. The summed E-state index contributed by atoms with van der Waals surface area (Å²) >= 11 is 15.6. The lowest BCUT2D eigenvalue weighted by Crippen LogP contribution is -2.60. The number of nitrogens with zero attached hydrogens (tertiary/aromatic N) is 10. The normalized spacial score (nSPS) is 22.8. The molecule has 86 heavy (non-hydrogen) atoms. The van der Waals surface area contributed by atoms with Crippen LogP contribution < -0.4 is 10.6 Å². The van der Waals surface area contributed by atoms with Crippen LogP contribution in [-0.2, 0) is 28.7 Å². The minimum Gasteiger partial charge on any atom is -0.481 e. The van der Waals surface area contributed by atoms with Crippen LogP contribution in [0.5, 0.6) is 0 Å². The van der Waals surface area contributed by atoms with Gasteiger partial charge in [0.1, 0.15) is 23.7 Å². The highest BCUT2D eigenvalue weighted by Crippen LogP contribution is 2.41. The monoisotopic (exact) mass is 1260 g/mol. The number of piperazine rings is 2. The van der Waals surface area contributed by atoms with Gasteiger partial charge in [0.05, 0.1) is 51.3 Å². The van der Waals surface area contributed by atoms with Gasteiger partial charge in [-0.25, -0.2) is 37.9 Å². The predicted molar refractivity (Wildman–Crippen MR) is 319 cm³/mol. The van der Waals surface area contributed by atoms with Gasteiger partial charge in [0, 0.05) is 129 Å². The van der Waals surface area contributed by atoms with Crippen molar-refractivity contribution in [1.82, 2.24) is 50.0 Å². The van der Waals surface area contributed by atoms with Crippen LogP contribution in [0.1, 0.15) is 88.6 Å². The van der Waals surface area contributed by atoms with E-state index in [4.69, 9.17) is 42.7 Å². The number of ether oxygens (including phenoxy) is 2. The Kier molecular flexibility index (Phi) is 18.7. The predicted octanol–water partition coefficient (Wildman–Crippen LogP) is 7.53. The molecule has 0 aliphatic carbocycles. The molecule has 28 heteroatoms. The average Bonchev–Trinajstić information content (AvgIpc) is 1.50. The van der Waals surface area contributed by atoms with Crippen molar-refractivity contribution in [3.8, 4) is 0 Å². The van der Waals surface area contributed by atoms with Crippen LogP contribution in [0.25, 0.3) is 0 Å². The number of thiazole rings is 2. The van der Waals surface area contributed by atoms with Crippen LogP contribution in [0.2, 0.25) is 10.0 Å². The minimum absolute atomic E-state index is 0.0939. The summed E-state index contributed by atoms with van der Waals surface area (Å²) in [5.74, 6) is -3.36. The Labute approximate surface area is 514 Å². The molecule has 10 rings (SSSR count). The molecule has 0 radical (unpaired) electrons. The summed E-state index contributed by atoms with van der Waals surface area (Å²) < 4.78 is 39.5. The summed E-state index contributed by atoms with van der Waals surface area (Å²) in [5, 5.41) is 30.7. The number of rotatable bonds is 18. The number of aromatic nitrogens is 2. The minimum atomic E-state index is -1.09. The maximum atomic E-state index is 14.6. The second kappa shape index (κ2) is 25.3. The smallest absolute Gasteiger partial charge is 0.338 e. The van der Waals surface area contributed by atoms with E-state index in [9.17, 15) is 47.8 Å². The van der Waals surface area contributed by atoms with Gasteiger partial charge >= 0.3 is 35.9 Å². The summed E-state index contributed by atoms with van der Waals surface area (Å²) in [4.78, 5) is 106. The first kappa shape index (κ1) is 63.4. The Morgan fingerprint density at radius 2 is 1.14 bits per heavy atom. The van der Waals surface area contributed by atoms with Crippen molar-refractivity contribution in [3.05, 3.63) is 125 Å². The SMILES string of the molecule is CCOC(=O)C1=C(CN2CCN3C(=O)N(CC(C)(C)C(=O)O)CC3(C)C2)NC(c2nccs2)=NC1c1ccc(F)cc1Cl.CCOC(=O)C1=C(CN2CCN3C(=O)N(CC(C)(C)C(=O)O)CC3(C)C2)NC(c2nccs2)=NC1c1cccc(F)c1Cl. The van der Waals surface area contributed by atoms with Gasteiger partial charge < -0.3 is 49.9 Å². The van der Waals surface area contributed by atoms with Crippen molar-refractivity contribution in [2.24, 2.45) is 20.8 Å². The van der Waals surface area contributed by atoms with Gasteiger partial charge in [-0.05, 0) is 73.6 Å². The van der Waals surface area contributed by atoms with Crippen LogP contribution in [0, 0.1) is 22.5 Å². The van der Waals surface area contributed by atoms with E-state index in [1.165, 1.54) is 53.0 Å². The number of esters is 2. The van der Waals surface area contributed by atoms with E-state index >= 15 is 0 Å². The Balaban J connectivity index is 0.000000205. The van der Waals surface area contributed by atoms with Crippen molar-refractivity contribution in [3.63, 3.8) is 0 Å². The molecule has 6 aliphatic heterocycles. The number of hydrogen-bond donors (Lipinski definition) is 4. The number of aliphatic imine (C=N–C) groups is 2. The highest BCUT2D eigenvalue weighted by atomic mass is 35.5. The molecule has 2 aromatic carbocycles. The zero-order valence-corrected chi connectivity index (χ0v) is 51.9. The second-order valence-corrected chi connectivity index (χ2v) is 26.2. The Morgan fingerprint density at radius 1 is 0.686 bits per heavy atom. The maximum Gasteiger partial charge on any atom is 0.338 e. The molecule has 0 spiro atoms. The van der Waals surface area contributed by atoms with Crippen LogP contribution in [0.15, 0.2) is 92.1 Å². The van der Waals surface area contributed by atoms with Gasteiger partial charge in [0.15, 0.2) is 21.7 Å². The number of fused-ring (bicyclic) bond motifs is 2. The van der Waals surface area contributed by atoms with E-state index in [1.54, 1.807) is 79.6 Å². The summed E-state index contributed by atoms with van der Waals surface area (Å²) in [6, 6.07) is 6.21. The van der Waals surface area contributed by atoms with E-state index in [0.29, 0.717) is 103 Å². The van der Waals surface area contributed by atoms with Crippen LogP contribution in [0.3, 0.4) is 0 Å². The first-order valence-electron chi connectivity index (χ1n) is 27.9. The summed E-state index contributed by atoms with van der Waals surface area (Å²) in [5.41, 5.74) is -1.01. The van der Waals surface area contributed by atoms with Gasteiger partial charge in [-0.3, -0.25) is 29.4 Å². The lowest BCUT2D eigenvalue weighted by atomic mass is 9.92. The zero-order chi connectivity index (χ0) is 62.2. The number of urea groups is 2. The van der Waals surface area contributed by atoms with Crippen molar-refractivity contribution in [1.29, 1.82) is 0 Å². The highest BCUT2D eigenvalue weighted by molar-refractivity contribution is 7.12. The van der Waals surface area contributed by atoms with Crippen LogP contribution in [0.4, 0.5) is 18.4 Å². The molecule has 4 N–H and O–H groups in total. The number of carboxylic acid groups (broad SMARTS) is 2. The van der Waals surface area contributed by atoms with E-state index in [-0.39, 0.29) is 66.1 Å². The van der Waals surface area contributed by atoms with E-state index in [0.717, 1.165) is 0 Å². The number of benzene rings is 2. The molecule has 4 saturated heterocycles. The van der Waals surface area contributed by atoms with E-state index in [1.807, 2.05) is 24.6 Å². The molecule has 6 aliphatic rings. The number of carbonyl (C=O) groups is 6. The Morgan fingerprint density at radius 3 is 1.55 bits per heavy atom. The molecule has 4 unspecified atom stereocenters. The molecule has 22 nitrogen and oxygen atoms in total. The number of nitrogens with one attached hydrogen (secondary N) is 2. The first-order valence-corrected chi connectivity index (χ1v) is 30.4. The average molecular weight is 1270 g/mol. The standard InChI is InChI=1S/2C29H34ClFN6O5S/c1-5-42-25(38)21-20(33-23(24-32-8-11-43-24)34-22(21)18-7-6-17(31)12-19(18)30)13-35-9-10-37-27(41)36(16-29(37,4)15-35)14-28(2,3)26(39)40;1-5-42-25(38)20-19(33-23(24-32-9-12-43-24)34-22(20)17-7-6-8-18(31)21(17)30)13-35-10-11-37-27(41)36(16-29(37,4)15-35)14-28(2,3)26(39)40/h6-8,11-12,22H,5,9-10,13-16H2,1-4H3,(H,33,34)(H,39,40);6-9,12,22H,5,10-11,13-16H2,1-4H3,(H,33,34)(H,39,40). The number of hydrogen-bond acceptors (Lipinski definition) is 18. The highest BCUT2D eigenvalue weighted by Gasteiger charge is 2.53. The summed E-state index contributed by atoms with van der Waals surface area (Å²) in [6.07, 6.45) is 3.30. The van der Waals surface area contributed by atoms with Gasteiger partial charge in [0.2, 0.25) is 0 Å². The molecular weight excluding hydrogens is 1200 g/mol. The van der Waals surface area contributed by atoms with Gasteiger partial charge in [-0.2, -0.15) is 0 Å². The molecular formula is C58H68Cl2F2N12O10S2. The van der Waals surface area contributed by atoms with Gasteiger partial charge in [0.25, 0.3) is 0 Å². The molecule has 4 fully saturated rings. The largest absolute Gasteiger partial charge is 0.481 e. The molecule has 0 bridgehead atoms. The third kappa shape index (κ3) is 13.1. The molecule has 4 amide bonds. The fourth-order valence-electron chi connectivity index (χ4n) is 11.7. The maximum absolute atomic E-state index is 14.6. The molecule has 0 saturated carbocycles. The van der Waals surface area contributed by atoms with Crippen molar-refractivity contribution in [2.45, 2.75) is 78.6 Å².